The lowest BCUT2D eigenvalue weighted by Gasteiger charge is -2.30. The first-order chi connectivity index (χ1) is 13.2. The zero-order valence-electron chi connectivity index (χ0n) is 14.6. The van der Waals surface area contributed by atoms with Crippen molar-refractivity contribution in [3.05, 3.63) is 59.1 Å². The molecule has 0 bridgehead atoms. The Morgan fingerprint density at radius 1 is 1.07 bits per heavy atom. The number of halogens is 1. The smallest absolute Gasteiger partial charge is 0.266 e. The van der Waals surface area contributed by atoms with E-state index in [1.165, 1.54) is 0 Å². The number of piperidine rings is 1. The lowest BCUT2D eigenvalue weighted by Crippen LogP contribution is -2.38. The molecule has 7 heteroatoms. The molecule has 27 heavy (non-hydrogen) atoms. The van der Waals surface area contributed by atoms with Crippen LogP contribution in [0.15, 0.2) is 63.6 Å². The van der Waals surface area contributed by atoms with E-state index in [0.29, 0.717) is 11.8 Å². The molecular weight excluding hydrogens is 408 g/mol. The van der Waals surface area contributed by atoms with E-state index in [-0.39, 0.29) is 11.8 Å². The molecule has 6 nitrogen and oxygen atoms in total. The number of nitrogens with one attached hydrogen (secondary N) is 1. The second kappa shape index (κ2) is 7.92. The van der Waals surface area contributed by atoms with Crippen LogP contribution in [0.5, 0.6) is 0 Å². The highest BCUT2D eigenvalue weighted by Gasteiger charge is 2.27. The van der Waals surface area contributed by atoms with Crippen molar-refractivity contribution in [3.63, 3.8) is 0 Å². The van der Waals surface area contributed by atoms with E-state index in [1.807, 2.05) is 54.6 Å². The number of hydrogen-bond acceptors (Lipinski definition) is 5. The van der Waals surface area contributed by atoms with Gasteiger partial charge in [-0.25, -0.2) is 0 Å². The first kappa shape index (κ1) is 17.7. The molecule has 4 rings (SSSR count). The minimum atomic E-state index is -0.00890. The summed E-state index contributed by atoms with van der Waals surface area (Å²) in [7, 11) is 0. The minimum absolute atomic E-state index is 0.00890. The van der Waals surface area contributed by atoms with E-state index >= 15 is 0 Å². The molecule has 1 aliphatic rings. The van der Waals surface area contributed by atoms with Crippen LogP contribution < -0.4 is 10.2 Å². The van der Waals surface area contributed by atoms with Crippen LogP contribution in [0.2, 0.25) is 0 Å². The Morgan fingerprint density at radius 2 is 1.78 bits per heavy atom. The summed E-state index contributed by atoms with van der Waals surface area (Å²) in [5, 5.41) is 7.09. The van der Waals surface area contributed by atoms with Gasteiger partial charge in [-0.05, 0) is 54.4 Å². The van der Waals surface area contributed by atoms with Gasteiger partial charge in [0.2, 0.25) is 5.91 Å². The molecule has 1 saturated heterocycles. The fourth-order valence-electron chi connectivity index (χ4n) is 3.16. The maximum absolute atomic E-state index is 12.5. The lowest BCUT2D eigenvalue weighted by atomic mass is 9.96. The van der Waals surface area contributed by atoms with Gasteiger partial charge < -0.3 is 14.7 Å². The number of amides is 1. The molecule has 1 aromatic heterocycles. The van der Waals surface area contributed by atoms with Gasteiger partial charge in [-0.15, -0.1) is 0 Å². The number of hydrogen-bond donors (Lipinski definition) is 1. The van der Waals surface area contributed by atoms with Gasteiger partial charge in [0.1, 0.15) is 0 Å². The normalized spacial score (nSPS) is 14.9. The maximum Gasteiger partial charge on any atom is 0.266 e. The number of carbonyl (C=O) groups excluding carboxylic acids is 1. The van der Waals surface area contributed by atoms with Gasteiger partial charge in [-0.3, -0.25) is 4.79 Å². The second-order valence-corrected chi connectivity index (χ2v) is 7.44. The molecule has 1 fully saturated rings. The van der Waals surface area contributed by atoms with Crippen LogP contribution in [0, 0.1) is 5.92 Å². The summed E-state index contributed by atoms with van der Waals surface area (Å²) in [4.78, 5) is 19.1. The number of rotatable bonds is 4. The average Bonchev–Trinajstić information content (AvgIpc) is 3.21. The molecule has 0 atom stereocenters. The Hall–Kier alpha value is -2.67. The molecule has 1 aliphatic heterocycles. The average molecular weight is 427 g/mol. The van der Waals surface area contributed by atoms with Crippen molar-refractivity contribution in [2.75, 3.05) is 23.3 Å². The van der Waals surface area contributed by atoms with Crippen molar-refractivity contribution >= 4 is 33.5 Å². The molecule has 0 radical (unpaired) electrons. The number of aromatic nitrogens is 2. The van der Waals surface area contributed by atoms with Crippen LogP contribution >= 0.6 is 15.9 Å². The SMILES string of the molecule is O=C(Nc1ccc(Br)cc1)C1CCN(c2noc(-c3ccccc3)n2)CC1. The fraction of sp³-hybridized carbons (Fsp3) is 0.250. The lowest BCUT2D eigenvalue weighted by molar-refractivity contribution is -0.120. The highest BCUT2D eigenvalue weighted by atomic mass is 79.9. The van der Waals surface area contributed by atoms with Crippen molar-refractivity contribution in [1.82, 2.24) is 10.1 Å². The summed E-state index contributed by atoms with van der Waals surface area (Å²) in [6, 6.07) is 17.3. The van der Waals surface area contributed by atoms with Gasteiger partial charge >= 0.3 is 0 Å². The quantitative estimate of drug-likeness (QED) is 0.670. The fourth-order valence-corrected chi connectivity index (χ4v) is 3.43. The Bertz CT molecular complexity index is 903. The first-order valence-electron chi connectivity index (χ1n) is 8.89. The zero-order valence-corrected chi connectivity index (χ0v) is 16.2. The van der Waals surface area contributed by atoms with Gasteiger partial charge in [-0.1, -0.05) is 34.1 Å². The summed E-state index contributed by atoms with van der Waals surface area (Å²) >= 11 is 3.40. The van der Waals surface area contributed by atoms with Gasteiger partial charge in [0, 0.05) is 34.7 Å². The third-order valence-electron chi connectivity index (χ3n) is 4.70. The molecule has 2 aromatic carbocycles. The van der Waals surface area contributed by atoms with Crippen molar-refractivity contribution in [1.29, 1.82) is 0 Å². The number of carbonyl (C=O) groups is 1. The predicted octanol–water partition coefficient (Wildman–Crippen LogP) is 4.35. The maximum atomic E-state index is 12.5. The van der Waals surface area contributed by atoms with Crippen molar-refractivity contribution in [2.45, 2.75) is 12.8 Å². The largest absolute Gasteiger partial charge is 0.338 e. The highest BCUT2D eigenvalue weighted by Crippen LogP contribution is 2.25. The van der Waals surface area contributed by atoms with E-state index in [4.69, 9.17) is 4.52 Å². The predicted molar refractivity (Wildman–Crippen MR) is 107 cm³/mol. The van der Waals surface area contributed by atoms with Crippen molar-refractivity contribution in [3.8, 4) is 11.5 Å². The Kier molecular flexibility index (Phi) is 5.20. The summed E-state index contributed by atoms with van der Waals surface area (Å²) in [6.07, 6.45) is 1.52. The van der Waals surface area contributed by atoms with E-state index in [2.05, 4.69) is 36.3 Å². The Morgan fingerprint density at radius 3 is 2.48 bits per heavy atom. The molecule has 1 N–H and O–H groups in total. The number of anilines is 2. The van der Waals surface area contributed by atoms with Gasteiger partial charge in [0.25, 0.3) is 11.8 Å². The van der Waals surface area contributed by atoms with Gasteiger partial charge in [-0.2, -0.15) is 4.98 Å². The van der Waals surface area contributed by atoms with Crippen molar-refractivity contribution in [2.24, 2.45) is 5.92 Å². The third kappa shape index (κ3) is 4.19. The second-order valence-electron chi connectivity index (χ2n) is 6.52. The van der Waals surface area contributed by atoms with Gasteiger partial charge in [0.15, 0.2) is 0 Å². The molecule has 0 spiro atoms. The summed E-state index contributed by atoms with van der Waals surface area (Å²) in [5.74, 6) is 1.15. The topological polar surface area (TPSA) is 71.3 Å². The van der Waals surface area contributed by atoms with E-state index < -0.39 is 0 Å². The van der Waals surface area contributed by atoms with Gasteiger partial charge in [0.05, 0.1) is 0 Å². The van der Waals surface area contributed by atoms with Crippen LogP contribution in [0.3, 0.4) is 0 Å². The number of nitrogens with zero attached hydrogens (tertiary/aromatic N) is 3. The number of benzene rings is 2. The first-order valence-corrected chi connectivity index (χ1v) is 9.69. The van der Waals surface area contributed by atoms with E-state index in [0.717, 1.165) is 41.7 Å². The van der Waals surface area contributed by atoms with E-state index in [9.17, 15) is 4.79 Å². The summed E-state index contributed by atoms with van der Waals surface area (Å²) in [5.41, 5.74) is 1.72. The van der Waals surface area contributed by atoms with Crippen LogP contribution in [0.25, 0.3) is 11.5 Å². The van der Waals surface area contributed by atoms with E-state index in [1.54, 1.807) is 0 Å². The van der Waals surface area contributed by atoms with Crippen LogP contribution in [0.1, 0.15) is 12.8 Å². The van der Waals surface area contributed by atoms with Crippen LogP contribution in [0.4, 0.5) is 11.6 Å². The monoisotopic (exact) mass is 426 g/mol. The molecule has 3 aromatic rings. The van der Waals surface area contributed by atoms with Crippen molar-refractivity contribution < 1.29 is 9.32 Å². The molecule has 138 valence electrons. The molecule has 1 amide bonds. The summed E-state index contributed by atoms with van der Waals surface area (Å²) < 4.78 is 6.37. The standard InChI is InChI=1S/C20H19BrN4O2/c21-16-6-8-17(9-7-16)22-18(26)14-10-12-25(13-11-14)20-23-19(27-24-20)15-4-2-1-3-5-15/h1-9,14H,10-13H2,(H,22,26). The summed E-state index contributed by atoms with van der Waals surface area (Å²) in [6.45, 7) is 1.46. The Labute approximate surface area is 165 Å². The highest BCUT2D eigenvalue weighted by molar-refractivity contribution is 9.10. The molecule has 0 aliphatic carbocycles. The third-order valence-corrected chi connectivity index (χ3v) is 5.23. The zero-order chi connectivity index (χ0) is 18.6. The van der Waals surface area contributed by atoms with Crippen LogP contribution in [-0.4, -0.2) is 29.1 Å². The molecule has 0 saturated carbocycles. The Balaban J connectivity index is 1.34. The molecule has 2 heterocycles. The van der Waals surface area contributed by atoms with Crippen LogP contribution in [-0.2, 0) is 4.79 Å². The minimum Gasteiger partial charge on any atom is -0.338 e. The molecule has 0 unspecified atom stereocenters. The molecular formula is C20H19BrN4O2.